The van der Waals surface area contributed by atoms with Crippen molar-refractivity contribution in [3.8, 4) is 5.75 Å². The Hall–Kier alpha value is -1.07. The molecule has 5 heteroatoms. The van der Waals surface area contributed by atoms with Crippen LogP contribution in [0.25, 0.3) is 0 Å². The minimum Gasteiger partial charge on any atom is -0.493 e. The van der Waals surface area contributed by atoms with Crippen molar-refractivity contribution < 1.29 is 9.53 Å². The van der Waals surface area contributed by atoms with Gasteiger partial charge in [0.15, 0.2) is 0 Å². The van der Waals surface area contributed by atoms with E-state index in [1.165, 1.54) is 5.56 Å². The van der Waals surface area contributed by atoms with Crippen LogP contribution in [0.4, 0.5) is 0 Å². The monoisotopic (exact) mass is 352 g/mol. The minimum absolute atomic E-state index is 0.0334. The number of nitrogens with one attached hydrogen (secondary N) is 1. The molecular formula is C16H21BrN2O2. The van der Waals surface area contributed by atoms with Crippen molar-refractivity contribution >= 4 is 21.8 Å². The maximum Gasteiger partial charge on any atom is 0.222 e. The van der Waals surface area contributed by atoms with Gasteiger partial charge in [-0.15, -0.1) is 0 Å². The lowest BCUT2D eigenvalue weighted by atomic mass is 9.94. The molecule has 21 heavy (non-hydrogen) atoms. The van der Waals surface area contributed by atoms with Gasteiger partial charge in [0, 0.05) is 35.0 Å². The number of carbonyl (C=O) groups excluding carboxylic acids is 1. The molecule has 4 nitrogen and oxygen atoms in total. The van der Waals surface area contributed by atoms with Gasteiger partial charge in [-0.05, 0) is 30.5 Å². The molecule has 2 aliphatic rings. The topological polar surface area (TPSA) is 64.4 Å². The Labute approximate surface area is 133 Å². The van der Waals surface area contributed by atoms with E-state index < -0.39 is 0 Å². The Bertz CT molecular complexity index is 553. The molecule has 3 N–H and O–H groups in total. The summed E-state index contributed by atoms with van der Waals surface area (Å²) in [6, 6.07) is 4.10. The summed E-state index contributed by atoms with van der Waals surface area (Å²) in [6.07, 6.45) is 5.53. The molecule has 0 unspecified atom stereocenters. The molecule has 0 aromatic heterocycles. The van der Waals surface area contributed by atoms with Crippen molar-refractivity contribution in [1.29, 1.82) is 0 Å². The normalized spacial score (nSPS) is 19.1. The number of benzene rings is 1. The first-order chi connectivity index (χ1) is 10.1. The van der Waals surface area contributed by atoms with Crippen LogP contribution in [-0.2, 0) is 17.8 Å². The SMILES string of the molecule is NC1(CC(=O)NCc2cc(Br)cc3c2OCC3)CCCC1. The van der Waals surface area contributed by atoms with Gasteiger partial charge >= 0.3 is 0 Å². The molecule has 1 fully saturated rings. The fourth-order valence-corrected chi connectivity index (χ4v) is 3.86. The summed E-state index contributed by atoms with van der Waals surface area (Å²) in [5, 5.41) is 2.99. The third-order valence-corrected chi connectivity index (χ3v) is 4.87. The Kier molecular flexibility index (Phi) is 4.22. The van der Waals surface area contributed by atoms with Crippen LogP contribution in [0, 0.1) is 0 Å². The molecule has 114 valence electrons. The summed E-state index contributed by atoms with van der Waals surface area (Å²) < 4.78 is 6.70. The lowest BCUT2D eigenvalue weighted by molar-refractivity contribution is -0.122. The molecule has 0 bridgehead atoms. The summed E-state index contributed by atoms with van der Waals surface area (Å²) >= 11 is 3.51. The highest BCUT2D eigenvalue weighted by Crippen LogP contribution is 2.33. The Morgan fingerprint density at radius 1 is 1.38 bits per heavy atom. The molecule has 0 atom stereocenters. The van der Waals surface area contributed by atoms with Crippen LogP contribution in [0.5, 0.6) is 5.75 Å². The van der Waals surface area contributed by atoms with Gasteiger partial charge in [0.2, 0.25) is 5.91 Å². The second kappa shape index (κ2) is 5.97. The third-order valence-electron chi connectivity index (χ3n) is 4.41. The number of nitrogens with two attached hydrogens (primary N) is 1. The molecule has 1 saturated carbocycles. The van der Waals surface area contributed by atoms with E-state index >= 15 is 0 Å². The van der Waals surface area contributed by atoms with Crippen molar-refractivity contribution in [3.05, 3.63) is 27.7 Å². The number of fused-ring (bicyclic) bond motifs is 1. The van der Waals surface area contributed by atoms with Gasteiger partial charge in [0.25, 0.3) is 0 Å². The molecule has 1 aliphatic heterocycles. The highest BCUT2D eigenvalue weighted by atomic mass is 79.9. The molecule has 0 saturated heterocycles. The molecule has 1 aromatic rings. The van der Waals surface area contributed by atoms with Gasteiger partial charge in [-0.3, -0.25) is 4.79 Å². The molecule has 1 amide bonds. The molecule has 3 rings (SSSR count). The van der Waals surface area contributed by atoms with Crippen molar-refractivity contribution in [1.82, 2.24) is 5.32 Å². The van der Waals surface area contributed by atoms with Crippen LogP contribution >= 0.6 is 15.9 Å². The third kappa shape index (κ3) is 3.40. The number of hydrogen-bond acceptors (Lipinski definition) is 3. The van der Waals surface area contributed by atoms with Crippen molar-refractivity contribution in [2.45, 2.75) is 50.6 Å². The number of amides is 1. The Morgan fingerprint density at radius 2 is 2.14 bits per heavy atom. The van der Waals surface area contributed by atoms with E-state index in [0.29, 0.717) is 13.0 Å². The van der Waals surface area contributed by atoms with Gasteiger partial charge in [0.05, 0.1) is 6.61 Å². The zero-order valence-electron chi connectivity index (χ0n) is 12.1. The van der Waals surface area contributed by atoms with Gasteiger partial charge in [-0.1, -0.05) is 28.8 Å². The molecule has 1 aromatic carbocycles. The summed E-state index contributed by atoms with van der Waals surface area (Å²) in [4.78, 5) is 12.1. The zero-order valence-corrected chi connectivity index (χ0v) is 13.7. The predicted octanol–water partition coefficient (Wildman–Crippen LogP) is 2.66. The number of ether oxygens (including phenoxy) is 1. The number of carbonyl (C=O) groups is 1. The Balaban J connectivity index is 1.61. The standard InChI is InChI=1S/C16H21BrN2O2/c17-13-7-11-3-6-21-15(11)12(8-13)10-19-14(20)9-16(18)4-1-2-5-16/h7-8H,1-6,9-10,18H2,(H,19,20). The molecule has 0 radical (unpaired) electrons. The maximum absolute atomic E-state index is 12.1. The van der Waals surface area contributed by atoms with Crippen molar-refractivity contribution in [2.75, 3.05) is 6.61 Å². The largest absolute Gasteiger partial charge is 0.493 e. The number of hydrogen-bond donors (Lipinski definition) is 2. The fourth-order valence-electron chi connectivity index (χ4n) is 3.31. The smallest absolute Gasteiger partial charge is 0.222 e. The number of halogens is 1. The first kappa shape index (κ1) is 14.9. The van der Waals surface area contributed by atoms with Crippen LogP contribution < -0.4 is 15.8 Å². The Morgan fingerprint density at radius 3 is 2.90 bits per heavy atom. The second-order valence-electron chi connectivity index (χ2n) is 6.17. The van der Waals surface area contributed by atoms with E-state index in [4.69, 9.17) is 10.5 Å². The quantitative estimate of drug-likeness (QED) is 0.875. The van der Waals surface area contributed by atoms with Crippen molar-refractivity contribution in [2.24, 2.45) is 5.73 Å². The van der Waals surface area contributed by atoms with Crippen LogP contribution in [0.15, 0.2) is 16.6 Å². The lowest BCUT2D eigenvalue weighted by Gasteiger charge is -2.22. The highest BCUT2D eigenvalue weighted by molar-refractivity contribution is 9.10. The maximum atomic E-state index is 12.1. The van der Waals surface area contributed by atoms with E-state index in [0.717, 1.165) is 54.5 Å². The fraction of sp³-hybridized carbons (Fsp3) is 0.562. The van der Waals surface area contributed by atoms with Gasteiger partial charge in [-0.2, -0.15) is 0 Å². The van der Waals surface area contributed by atoms with E-state index in [2.05, 4.69) is 27.3 Å². The molecule has 1 aliphatic carbocycles. The van der Waals surface area contributed by atoms with Crippen LogP contribution in [-0.4, -0.2) is 18.1 Å². The van der Waals surface area contributed by atoms with Crippen LogP contribution in [0.1, 0.15) is 43.2 Å². The van der Waals surface area contributed by atoms with E-state index in [1.54, 1.807) is 0 Å². The second-order valence-corrected chi connectivity index (χ2v) is 7.09. The summed E-state index contributed by atoms with van der Waals surface area (Å²) in [5.74, 6) is 0.966. The zero-order chi connectivity index (χ0) is 14.9. The van der Waals surface area contributed by atoms with Gasteiger partial charge < -0.3 is 15.8 Å². The molecule has 0 spiro atoms. The molecule has 1 heterocycles. The van der Waals surface area contributed by atoms with E-state index in [9.17, 15) is 4.79 Å². The van der Waals surface area contributed by atoms with E-state index in [-0.39, 0.29) is 11.4 Å². The first-order valence-electron chi connectivity index (χ1n) is 7.55. The van der Waals surface area contributed by atoms with E-state index in [1.807, 2.05) is 6.07 Å². The van der Waals surface area contributed by atoms with Gasteiger partial charge in [-0.25, -0.2) is 0 Å². The molecular weight excluding hydrogens is 332 g/mol. The summed E-state index contributed by atoms with van der Waals surface area (Å²) in [5.41, 5.74) is 8.20. The average Bonchev–Trinajstić information content (AvgIpc) is 3.04. The predicted molar refractivity (Wildman–Crippen MR) is 85.2 cm³/mol. The minimum atomic E-state index is -0.292. The first-order valence-corrected chi connectivity index (χ1v) is 8.35. The highest BCUT2D eigenvalue weighted by Gasteiger charge is 2.31. The summed E-state index contributed by atoms with van der Waals surface area (Å²) in [6.45, 7) is 1.22. The lowest BCUT2D eigenvalue weighted by Crippen LogP contribution is -2.42. The van der Waals surface area contributed by atoms with Crippen LogP contribution in [0.3, 0.4) is 0 Å². The summed E-state index contributed by atoms with van der Waals surface area (Å²) in [7, 11) is 0. The average molecular weight is 353 g/mol. The number of rotatable bonds is 4. The van der Waals surface area contributed by atoms with Gasteiger partial charge in [0.1, 0.15) is 5.75 Å². The van der Waals surface area contributed by atoms with Crippen LogP contribution in [0.2, 0.25) is 0 Å². The van der Waals surface area contributed by atoms with Crippen molar-refractivity contribution in [3.63, 3.8) is 0 Å².